The van der Waals surface area contributed by atoms with Gasteiger partial charge in [0.15, 0.2) is 0 Å². The number of nitrogens with zero attached hydrogens (tertiary/aromatic N) is 4. The monoisotopic (exact) mass is 831 g/mol. The van der Waals surface area contributed by atoms with Gasteiger partial charge in [0.2, 0.25) is 0 Å². The maximum absolute atomic E-state index is 2.35. The van der Waals surface area contributed by atoms with Crippen LogP contribution in [0.15, 0.2) is 237 Å². The summed E-state index contributed by atoms with van der Waals surface area (Å²) >= 11 is 0. The zero-order chi connectivity index (χ0) is 43.9. The number of hydrogen-bond donors (Lipinski definition) is 0. The third kappa shape index (κ3) is 8.57. The highest BCUT2D eigenvalue weighted by Gasteiger charge is 2.36. The van der Waals surface area contributed by atoms with Crippen LogP contribution in [0.4, 0.5) is 68.2 Å². The van der Waals surface area contributed by atoms with Crippen molar-refractivity contribution in [2.75, 3.05) is 21.2 Å². The van der Waals surface area contributed by atoms with Crippen molar-refractivity contribution in [2.45, 2.75) is 34.1 Å². The van der Waals surface area contributed by atoms with E-state index in [0.717, 1.165) is 64.2 Å². The van der Waals surface area contributed by atoms with Crippen molar-refractivity contribution in [3.8, 4) is 0 Å². The lowest BCUT2D eigenvalue weighted by atomic mass is 10.1. The fourth-order valence-electron chi connectivity index (χ4n) is 9.11. The Balaban J connectivity index is 1.20. The van der Waals surface area contributed by atoms with Gasteiger partial charge in [-0.2, -0.15) is 0 Å². The highest BCUT2D eigenvalue weighted by atomic mass is 15.4. The van der Waals surface area contributed by atoms with Gasteiger partial charge in [0.05, 0.1) is 6.54 Å². The van der Waals surface area contributed by atoms with Crippen molar-refractivity contribution >= 4 is 68.2 Å². The van der Waals surface area contributed by atoms with Gasteiger partial charge in [-0.15, -0.1) is 0 Å². The Hall–Kier alpha value is -7.66. The van der Waals surface area contributed by atoms with Gasteiger partial charge >= 0.3 is 0 Å². The first kappa shape index (κ1) is 41.7. The van der Waals surface area contributed by atoms with Crippen molar-refractivity contribution < 1.29 is 0 Å². The average molecular weight is 832 g/mol. The summed E-state index contributed by atoms with van der Waals surface area (Å²) in [5.74, 6) is 0. The third-order valence-electron chi connectivity index (χ3n) is 12.0. The van der Waals surface area contributed by atoms with Crippen LogP contribution in [0, 0.1) is 20.8 Å². The summed E-state index contributed by atoms with van der Waals surface area (Å²) in [6, 6.07) is 86.0. The van der Waals surface area contributed by atoms with Crippen LogP contribution >= 0.6 is 0 Å². The third-order valence-corrected chi connectivity index (χ3v) is 12.0. The van der Waals surface area contributed by atoms with Crippen molar-refractivity contribution in [2.24, 2.45) is 0 Å². The molecule has 4 heteroatoms. The molecule has 64 heavy (non-hydrogen) atoms. The number of hydrogen-bond acceptors (Lipinski definition) is 3. The number of quaternary nitrogens is 1. The van der Waals surface area contributed by atoms with Gasteiger partial charge in [-0.1, -0.05) is 97.9 Å². The van der Waals surface area contributed by atoms with E-state index in [1.54, 1.807) is 0 Å². The van der Waals surface area contributed by atoms with Gasteiger partial charge in [0.25, 0.3) is 0 Å². The van der Waals surface area contributed by atoms with E-state index in [0.29, 0.717) is 4.48 Å². The minimum Gasteiger partial charge on any atom is -0.310 e. The Labute approximate surface area is 379 Å². The van der Waals surface area contributed by atoms with E-state index in [1.807, 2.05) is 0 Å². The van der Waals surface area contributed by atoms with E-state index in [9.17, 15) is 0 Å². The van der Waals surface area contributed by atoms with Crippen LogP contribution in [-0.4, -0.2) is 6.54 Å². The van der Waals surface area contributed by atoms with E-state index in [1.165, 1.54) is 33.8 Å². The largest absolute Gasteiger partial charge is 0.310 e. The summed E-state index contributed by atoms with van der Waals surface area (Å²) in [7, 11) is 0. The number of benzene rings is 9. The molecule has 0 bridgehead atoms. The average Bonchev–Trinajstić information content (AvgIpc) is 3.33. The molecule has 9 aromatic carbocycles. The van der Waals surface area contributed by atoms with Crippen molar-refractivity contribution in [1.82, 2.24) is 4.48 Å². The molecule has 0 N–H and O–H groups in total. The topological polar surface area (TPSA) is 9.72 Å². The smallest absolute Gasteiger partial charge is 0.143 e. The number of aryl methyl sites for hydroxylation is 3. The predicted octanol–water partition coefficient (Wildman–Crippen LogP) is 17.4. The molecule has 0 amide bonds. The quantitative estimate of drug-likeness (QED) is 0.101. The number of rotatable bonds is 14. The van der Waals surface area contributed by atoms with Gasteiger partial charge < -0.3 is 14.7 Å². The molecule has 0 aliphatic carbocycles. The molecule has 0 spiro atoms. The maximum atomic E-state index is 2.35. The summed E-state index contributed by atoms with van der Waals surface area (Å²) in [5.41, 5.74) is 17.3. The highest BCUT2D eigenvalue weighted by Crippen LogP contribution is 2.48. The molecule has 0 atom stereocenters. The summed E-state index contributed by atoms with van der Waals surface area (Å²) < 4.78 is 0.540. The SMILES string of the molecule is CCC[N+](c1ccc(N(c2ccccc2)c2cccc(C)c2)cc1)(c1ccc(N(c2ccccc2)c2cccc(C)c2)cc1)c1ccc(N(c2ccccc2)c2cccc(C)c2)cc1. The molecule has 0 saturated carbocycles. The number of anilines is 9. The molecule has 0 aliphatic rings. The van der Waals surface area contributed by atoms with Crippen molar-refractivity contribution in [1.29, 1.82) is 0 Å². The van der Waals surface area contributed by atoms with Crippen LogP contribution in [0.2, 0.25) is 0 Å². The van der Waals surface area contributed by atoms with E-state index in [4.69, 9.17) is 0 Å². The Morgan fingerprint density at radius 3 is 0.781 bits per heavy atom. The molecule has 0 radical (unpaired) electrons. The Kier molecular flexibility index (Phi) is 12.2. The van der Waals surface area contributed by atoms with E-state index >= 15 is 0 Å². The van der Waals surface area contributed by atoms with Crippen LogP contribution in [-0.2, 0) is 0 Å². The normalized spacial score (nSPS) is 11.2. The fourth-order valence-corrected chi connectivity index (χ4v) is 9.11. The van der Waals surface area contributed by atoms with Crippen molar-refractivity contribution in [3.05, 3.63) is 253 Å². The lowest BCUT2D eigenvalue weighted by molar-refractivity contribution is 0.511. The summed E-state index contributed by atoms with van der Waals surface area (Å²) in [6.07, 6.45) is 0.962. The molecule has 9 rings (SSSR count). The lowest BCUT2D eigenvalue weighted by Gasteiger charge is -2.38. The molecule has 314 valence electrons. The fraction of sp³-hybridized carbons (Fsp3) is 0.100. The molecule has 0 fully saturated rings. The van der Waals surface area contributed by atoms with E-state index in [-0.39, 0.29) is 0 Å². The van der Waals surface area contributed by atoms with Crippen LogP contribution < -0.4 is 19.2 Å². The van der Waals surface area contributed by atoms with Gasteiger partial charge in [-0.25, -0.2) is 4.48 Å². The Morgan fingerprint density at radius 2 is 0.531 bits per heavy atom. The minimum atomic E-state index is 0.540. The maximum Gasteiger partial charge on any atom is 0.143 e. The second-order valence-corrected chi connectivity index (χ2v) is 16.6. The predicted molar refractivity (Wildman–Crippen MR) is 274 cm³/mol. The molecule has 0 unspecified atom stereocenters. The zero-order valence-corrected chi connectivity index (χ0v) is 37.2. The molecule has 0 heterocycles. The molecule has 0 saturated heterocycles. The highest BCUT2D eigenvalue weighted by molar-refractivity contribution is 5.83. The molecule has 9 aromatic rings. The Bertz CT molecular complexity index is 2590. The molecule has 4 nitrogen and oxygen atoms in total. The minimum absolute atomic E-state index is 0.540. The summed E-state index contributed by atoms with van der Waals surface area (Å²) in [4.78, 5) is 7.05. The van der Waals surface area contributed by atoms with Crippen LogP contribution in [0.3, 0.4) is 0 Å². The van der Waals surface area contributed by atoms with Gasteiger partial charge in [0.1, 0.15) is 17.1 Å². The second kappa shape index (κ2) is 18.8. The first-order chi connectivity index (χ1) is 31.4. The number of para-hydroxylation sites is 3. The molecule has 0 aliphatic heterocycles. The van der Waals surface area contributed by atoms with Crippen molar-refractivity contribution in [3.63, 3.8) is 0 Å². The molecular weight excluding hydrogens is 777 g/mol. The van der Waals surface area contributed by atoms with Crippen LogP contribution in [0.5, 0.6) is 0 Å². The summed E-state index contributed by atoms with van der Waals surface area (Å²) in [5, 5.41) is 0. The van der Waals surface area contributed by atoms with Gasteiger partial charge in [-0.05, 0) is 153 Å². The lowest BCUT2D eigenvalue weighted by Crippen LogP contribution is -2.39. The standard InChI is InChI=1S/C60H55N4/c1-5-42-64(58-36-30-52(31-37-58)61(49-21-9-6-10-22-49)55-27-15-18-46(2)43-55,59-38-32-53(33-39-59)62(50-23-11-7-12-24-50)56-28-16-19-47(3)44-56)60-40-34-54(35-41-60)63(51-25-13-8-14-26-51)57-29-17-20-48(4)45-57/h6-41,43-45H,5,42H2,1-4H3/q+1. The Morgan fingerprint density at radius 1 is 0.281 bits per heavy atom. The summed E-state index contributed by atoms with van der Waals surface area (Å²) in [6.45, 7) is 9.62. The zero-order valence-electron chi connectivity index (χ0n) is 37.2. The van der Waals surface area contributed by atoms with Crippen LogP contribution in [0.25, 0.3) is 0 Å². The van der Waals surface area contributed by atoms with Gasteiger partial charge in [0, 0.05) is 87.6 Å². The second-order valence-electron chi connectivity index (χ2n) is 16.6. The van der Waals surface area contributed by atoms with E-state index < -0.39 is 0 Å². The van der Waals surface area contributed by atoms with Crippen LogP contribution in [0.1, 0.15) is 30.0 Å². The first-order valence-corrected chi connectivity index (χ1v) is 22.4. The molecular formula is C60H55N4+. The first-order valence-electron chi connectivity index (χ1n) is 22.4. The molecule has 0 aromatic heterocycles. The van der Waals surface area contributed by atoms with Gasteiger partial charge in [-0.3, -0.25) is 0 Å². The van der Waals surface area contributed by atoms with E-state index in [2.05, 4.69) is 279 Å².